The van der Waals surface area contributed by atoms with Crippen LogP contribution in [0, 0.1) is 6.92 Å². The first-order chi connectivity index (χ1) is 8.15. The van der Waals surface area contributed by atoms with Gasteiger partial charge in [0.05, 0.1) is 18.9 Å². The van der Waals surface area contributed by atoms with Crippen LogP contribution >= 0.6 is 0 Å². The topological polar surface area (TPSA) is 60.5 Å². The first-order valence-electron chi connectivity index (χ1n) is 5.97. The molecule has 0 radical (unpaired) electrons. The van der Waals surface area contributed by atoms with Crippen molar-refractivity contribution in [3.63, 3.8) is 0 Å². The lowest BCUT2D eigenvalue weighted by atomic mass is 10.2. The molecule has 0 aromatic carbocycles. The molecular weight excluding hydrogens is 218 g/mol. The first kappa shape index (κ1) is 12.0. The second kappa shape index (κ2) is 4.79. The molecule has 1 saturated heterocycles. The van der Waals surface area contributed by atoms with E-state index in [9.17, 15) is 4.79 Å². The van der Waals surface area contributed by atoms with Crippen LogP contribution in [-0.4, -0.2) is 30.9 Å². The third-order valence-corrected chi connectivity index (χ3v) is 3.19. The number of anilines is 2. The first-order valence-corrected chi connectivity index (χ1v) is 5.97. The molecule has 0 bridgehead atoms. The second-order valence-corrected chi connectivity index (χ2v) is 4.23. The van der Waals surface area contributed by atoms with Crippen molar-refractivity contribution in [2.75, 3.05) is 36.9 Å². The molecular formula is C12H19N3O2. The molecule has 1 aliphatic heterocycles. The van der Waals surface area contributed by atoms with Gasteiger partial charge in [0.25, 0.3) is 5.56 Å². The summed E-state index contributed by atoms with van der Waals surface area (Å²) in [5.74, 6) is 0. The number of morpholine rings is 1. The zero-order valence-electron chi connectivity index (χ0n) is 10.4. The smallest absolute Gasteiger partial charge is 0.276 e. The lowest BCUT2D eigenvalue weighted by Gasteiger charge is -2.30. The van der Waals surface area contributed by atoms with Gasteiger partial charge in [-0.3, -0.25) is 4.79 Å². The van der Waals surface area contributed by atoms with Crippen molar-refractivity contribution >= 4 is 11.4 Å². The highest BCUT2D eigenvalue weighted by Crippen LogP contribution is 2.22. The summed E-state index contributed by atoms with van der Waals surface area (Å²) < 4.78 is 6.99. The van der Waals surface area contributed by atoms with Gasteiger partial charge in [-0.2, -0.15) is 0 Å². The maximum atomic E-state index is 12.1. The van der Waals surface area contributed by atoms with Crippen LogP contribution < -0.4 is 16.2 Å². The van der Waals surface area contributed by atoms with Crippen LogP contribution in [0.2, 0.25) is 0 Å². The summed E-state index contributed by atoms with van der Waals surface area (Å²) in [5, 5.41) is 0. The molecule has 5 heteroatoms. The highest BCUT2D eigenvalue weighted by atomic mass is 16.5. The molecule has 0 amide bonds. The van der Waals surface area contributed by atoms with Crippen LogP contribution in [0.25, 0.3) is 0 Å². The standard InChI is InChI=1S/C12H19N3O2/c1-3-15-9(2)8-10(11(13)12(15)16)14-4-6-17-7-5-14/h8H,3-7,13H2,1-2H3. The molecule has 1 fully saturated rings. The average Bonchev–Trinajstić information content (AvgIpc) is 2.35. The Labute approximate surface area is 101 Å². The number of rotatable bonds is 2. The molecule has 2 rings (SSSR count). The van der Waals surface area contributed by atoms with Crippen molar-refractivity contribution in [1.29, 1.82) is 0 Å². The van der Waals surface area contributed by atoms with E-state index in [-0.39, 0.29) is 5.56 Å². The fourth-order valence-corrected chi connectivity index (χ4v) is 2.23. The molecule has 0 spiro atoms. The minimum Gasteiger partial charge on any atom is -0.393 e. The lowest BCUT2D eigenvalue weighted by molar-refractivity contribution is 0.122. The zero-order valence-corrected chi connectivity index (χ0v) is 10.4. The van der Waals surface area contributed by atoms with Crippen LogP contribution in [-0.2, 0) is 11.3 Å². The summed E-state index contributed by atoms with van der Waals surface area (Å²) in [6, 6.07) is 1.99. The van der Waals surface area contributed by atoms with Crippen LogP contribution in [0.3, 0.4) is 0 Å². The summed E-state index contributed by atoms with van der Waals surface area (Å²) in [5.41, 5.74) is 8.00. The number of nitrogens with two attached hydrogens (primary N) is 1. The number of aryl methyl sites for hydroxylation is 1. The number of hydrogen-bond acceptors (Lipinski definition) is 4. The van der Waals surface area contributed by atoms with E-state index in [1.54, 1.807) is 4.57 Å². The normalized spacial score (nSPS) is 16.2. The molecule has 1 aromatic rings. The SMILES string of the molecule is CCn1c(C)cc(N2CCOCC2)c(N)c1=O. The van der Waals surface area contributed by atoms with Crippen molar-refractivity contribution in [2.24, 2.45) is 0 Å². The Balaban J connectivity index is 2.44. The van der Waals surface area contributed by atoms with Crippen LogP contribution in [0.15, 0.2) is 10.9 Å². The summed E-state index contributed by atoms with van der Waals surface area (Å²) in [6.07, 6.45) is 0. The Kier molecular flexibility index (Phi) is 3.38. The van der Waals surface area contributed by atoms with E-state index in [2.05, 4.69) is 4.90 Å². The van der Waals surface area contributed by atoms with Crippen molar-refractivity contribution < 1.29 is 4.74 Å². The third-order valence-electron chi connectivity index (χ3n) is 3.19. The van der Waals surface area contributed by atoms with Gasteiger partial charge in [0, 0.05) is 25.3 Å². The second-order valence-electron chi connectivity index (χ2n) is 4.23. The van der Waals surface area contributed by atoms with E-state index in [0.717, 1.165) is 24.5 Å². The number of hydrogen-bond donors (Lipinski definition) is 1. The van der Waals surface area contributed by atoms with Gasteiger partial charge in [-0.1, -0.05) is 0 Å². The average molecular weight is 237 g/mol. The molecule has 1 aromatic heterocycles. The minimum absolute atomic E-state index is 0.0889. The van der Waals surface area contributed by atoms with Crippen LogP contribution in [0.4, 0.5) is 11.4 Å². The highest BCUT2D eigenvalue weighted by Gasteiger charge is 2.17. The molecule has 1 aliphatic rings. The maximum absolute atomic E-state index is 12.1. The number of ether oxygens (including phenoxy) is 1. The molecule has 2 heterocycles. The largest absolute Gasteiger partial charge is 0.393 e. The molecule has 0 aliphatic carbocycles. The van der Waals surface area contributed by atoms with Gasteiger partial charge in [0.2, 0.25) is 0 Å². The highest BCUT2D eigenvalue weighted by molar-refractivity contribution is 5.67. The maximum Gasteiger partial charge on any atom is 0.276 e. The predicted molar refractivity (Wildman–Crippen MR) is 68.6 cm³/mol. The van der Waals surface area contributed by atoms with Gasteiger partial charge >= 0.3 is 0 Å². The van der Waals surface area contributed by atoms with E-state index in [1.165, 1.54) is 0 Å². The molecule has 94 valence electrons. The van der Waals surface area contributed by atoms with Gasteiger partial charge in [0.15, 0.2) is 0 Å². The summed E-state index contributed by atoms with van der Waals surface area (Å²) in [7, 11) is 0. The van der Waals surface area contributed by atoms with E-state index in [4.69, 9.17) is 10.5 Å². The zero-order chi connectivity index (χ0) is 12.4. The predicted octanol–water partition coefficient (Wildman–Crippen LogP) is 0.595. The van der Waals surface area contributed by atoms with Crippen molar-refractivity contribution in [1.82, 2.24) is 4.57 Å². The number of pyridine rings is 1. The van der Waals surface area contributed by atoms with Gasteiger partial charge in [0.1, 0.15) is 5.69 Å². The quantitative estimate of drug-likeness (QED) is 0.818. The lowest BCUT2D eigenvalue weighted by Crippen LogP contribution is -2.38. The van der Waals surface area contributed by atoms with Crippen molar-refractivity contribution in [2.45, 2.75) is 20.4 Å². The number of nitrogens with zero attached hydrogens (tertiary/aromatic N) is 2. The van der Waals surface area contributed by atoms with Crippen molar-refractivity contribution in [3.05, 3.63) is 22.1 Å². The molecule has 0 atom stereocenters. The summed E-state index contributed by atoms with van der Waals surface area (Å²) in [6.45, 7) is 7.50. The van der Waals surface area contributed by atoms with Gasteiger partial charge in [-0.25, -0.2) is 0 Å². The molecule has 2 N–H and O–H groups in total. The third kappa shape index (κ3) is 2.15. The summed E-state index contributed by atoms with van der Waals surface area (Å²) >= 11 is 0. The van der Waals surface area contributed by atoms with Gasteiger partial charge in [-0.15, -0.1) is 0 Å². The Morgan fingerprint density at radius 2 is 2.06 bits per heavy atom. The van der Waals surface area contributed by atoms with E-state index in [0.29, 0.717) is 25.4 Å². The Morgan fingerprint density at radius 3 is 2.65 bits per heavy atom. The number of nitrogen functional groups attached to an aromatic ring is 1. The van der Waals surface area contributed by atoms with Crippen LogP contribution in [0.5, 0.6) is 0 Å². The van der Waals surface area contributed by atoms with Crippen LogP contribution in [0.1, 0.15) is 12.6 Å². The summed E-state index contributed by atoms with van der Waals surface area (Å²) in [4.78, 5) is 14.2. The Hall–Kier alpha value is -1.49. The van der Waals surface area contributed by atoms with E-state index >= 15 is 0 Å². The number of aromatic nitrogens is 1. The van der Waals surface area contributed by atoms with Crippen molar-refractivity contribution in [3.8, 4) is 0 Å². The van der Waals surface area contributed by atoms with Gasteiger partial charge in [-0.05, 0) is 19.9 Å². The fourth-order valence-electron chi connectivity index (χ4n) is 2.23. The fraction of sp³-hybridized carbons (Fsp3) is 0.583. The Morgan fingerprint density at radius 1 is 1.41 bits per heavy atom. The molecule has 0 saturated carbocycles. The van der Waals surface area contributed by atoms with E-state index < -0.39 is 0 Å². The van der Waals surface area contributed by atoms with Gasteiger partial charge < -0.3 is 19.9 Å². The minimum atomic E-state index is -0.0889. The monoisotopic (exact) mass is 237 g/mol. The molecule has 0 unspecified atom stereocenters. The van der Waals surface area contributed by atoms with E-state index in [1.807, 2.05) is 19.9 Å². The molecule has 5 nitrogen and oxygen atoms in total. The Bertz CT molecular complexity index is 462. The molecule has 17 heavy (non-hydrogen) atoms.